The minimum absolute atomic E-state index is 0.0793. The molecule has 3 rings (SSSR count). The SMILES string of the molecule is O=C(CNC(=O)OCC(COC(=O)NCC(=O)OCc1ccccc1)OCc1ccccc1)OCc1ccccc1. The van der Waals surface area contributed by atoms with Crippen molar-refractivity contribution >= 4 is 24.1 Å². The molecular weight excluding hydrogens is 532 g/mol. The number of benzene rings is 3. The second-order valence-electron chi connectivity index (χ2n) is 8.62. The molecule has 0 bridgehead atoms. The summed E-state index contributed by atoms with van der Waals surface area (Å²) in [6, 6.07) is 27.5. The van der Waals surface area contributed by atoms with E-state index in [1.54, 1.807) is 0 Å². The molecule has 216 valence electrons. The van der Waals surface area contributed by atoms with Gasteiger partial charge in [-0.25, -0.2) is 9.59 Å². The first-order valence-corrected chi connectivity index (χ1v) is 12.8. The molecule has 0 aromatic heterocycles. The van der Waals surface area contributed by atoms with Gasteiger partial charge in [0.1, 0.15) is 45.6 Å². The number of carbonyl (C=O) groups excluding carboxylic acids is 4. The van der Waals surface area contributed by atoms with E-state index in [0.29, 0.717) is 0 Å². The van der Waals surface area contributed by atoms with Crippen LogP contribution in [-0.2, 0) is 53.1 Å². The van der Waals surface area contributed by atoms with Crippen molar-refractivity contribution in [2.24, 2.45) is 0 Å². The van der Waals surface area contributed by atoms with Gasteiger partial charge in [0.05, 0.1) is 6.61 Å². The fraction of sp³-hybridized carbons (Fsp3) is 0.267. The molecule has 0 saturated carbocycles. The fourth-order valence-corrected chi connectivity index (χ4v) is 3.24. The topological polar surface area (TPSA) is 138 Å². The number of esters is 2. The molecule has 11 heteroatoms. The zero-order valence-corrected chi connectivity index (χ0v) is 22.4. The van der Waals surface area contributed by atoms with Gasteiger partial charge in [0.2, 0.25) is 0 Å². The van der Waals surface area contributed by atoms with Crippen LogP contribution >= 0.6 is 0 Å². The third-order valence-corrected chi connectivity index (χ3v) is 5.37. The van der Waals surface area contributed by atoms with E-state index in [4.69, 9.17) is 23.7 Å². The van der Waals surface area contributed by atoms with Crippen molar-refractivity contribution < 1.29 is 42.9 Å². The lowest BCUT2D eigenvalue weighted by Gasteiger charge is -2.18. The molecule has 0 aliphatic heterocycles. The van der Waals surface area contributed by atoms with E-state index < -0.39 is 30.2 Å². The van der Waals surface area contributed by atoms with Gasteiger partial charge in [-0.3, -0.25) is 9.59 Å². The second-order valence-corrected chi connectivity index (χ2v) is 8.62. The molecule has 2 N–H and O–H groups in total. The van der Waals surface area contributed by atoms with Crippen LogP contribution < -0.4 is 10.6 Å². The zero-order valence-electron chi connectivity index (χ0n) is 22.4. The van der Waals surface area contributed by atoms with Gasteiger partial charge in [-0.15, -0.1) is 0 Å². The Kier molecular flexibility index (Phi) is 13.2. The summed E-state index contributed by atoms with van der Waals surface area (Å²) >= 11 is 0. The lowest BCUT2D eigenvalue weighted by atomic mass is 10.2. The number of ether oxygens (including phenoxy) is 5. The Morgan fingerprint density at radius 3 is 1.27 bits per heavy atom. The lowest BCUT2D eigenvalue weighted by molar-refractivity contribution is -0.144. The summed E-state index contributed by atoms with van der Waals surface area (Å²) in [5, 5.41) is 4.61. The zero-order chi connectivity index (χ0) is 29.1. The maximum absolute atomic E-state index is 12.1. The molecule has 0 fully saturated rings. The van der Waals surface area contributed by atoms with Crippen molar-refractivity contribution in [2.45, 2.75) is 25.9 Å². The van der Waals surface area contributed by atoms with Gasteiger partial charge in [0, 0.05) is 0 Å². The molecule has 0 radical (unpaired) electrons. The smallest absolute Gasteiger partial charge is 0.407 e. The standard InChI is InChI=1S/C30H32N2O9/c33-27(38-19-24-12-6-2-7-13-24)16-31-29(35)40-21-26(37-18-23-10-4-1-5-11-23)22-41-30(36)32-17-28(34)39-20-25-14-8-3-9-15-25/h1-15,26H,16-22H2,(H,31,35)(H,32,36). The number of amides is 2. The Labute approximate surface area is 237 Å². The van der Waals surface area contributed by atoms with Crippen LogP contribution in [0, 0.1) is 0 Å². The summed E-state index contributed by atoms with van der Waals surface area (Å²) in [6.45, 7) is -1.000. The van der Waals surface area contributed by atoms with E-state index >= 15 is 0 Å². The van der Waals surface area contributed by atoms with Crippen LogP contribution in [0.3, 0.4) is 0 Å². The minimum Gasteiger partial charge on any atom is -0.460 e. The van der Waals surface area contributed by atoms with Crippen LogP contribution in [0.1, 0.15) is 16.7 Å². The van der Waals surface area contributed by atoms with Crippen molar-refractivity contribution in [1.82, 2.24) is 10.6 Å². The van der Waals surface area contributed by atoms with Crippen LogP contribution in [0.15, 0.2) is 91.0 Å². The normalized spacial score (nSPS) is 10.4. The van der Waals surface area contributed by atoms with E-state index in [9.17, 15) is 19.2 Å². The Hall–Kier alpha value is -4.90. The van der Waals surface area contributed by atoms with Gasteiger partial charge in [-0.2, -0.15) is 0 Å². The summed E-state index contributed by atoms with van der Waals surface area (Å²) in [4.78, 5) is 48.0. The molecular formula is C30H32N2O9. The largest absolute Gasteiger partial charge is 0.460 e. The number of alkyl carbamates (subject to hydrolysis) is 2. The van der Waals surface area contributed by atoms with Crippen molar-refractivity contribution in [1.29, 1.82) is 0 Å². The average molecular weight is 565 g/mol. The number of hydrogen-bond acceptors (Lipinski definition) is 9. The molecule has 11 nitrogen and oxygen atoms in total. The van der Waals surface area contributed by atoms with Gasteiger partial charge in [-0.1, -0.05) is 91.0 Å². The van der Waals surface area contributed by atoms with Crippen molar-refractivity contribution in [3.8, 4) is 0 Å². The number of hydrogen-bond donors (Lipinski definition) is 2. The first-order valence-electron chi connectivity index (χ1n) is 12.8. The molecule has 0 heterocycles. The second kappa shape index (κ2) is 17.6. The van der Waals surface area contributed by atoms with Gasteiger partial charge in [0.25, 0.3) is 0 Å². The highest BCUT2D eigenvalue weighted by atomic mass is 16.6. The predicted octanol–water partition coefficient (Wildman–Crippen LogP) is 3.51. The molecule has 0 aliphatic carbocycles. The number of rotatable bonds is 15. The summed E-state index contributed by atoms with van der Waals surface area (Å²) in [5.41, 5.74) is 2.48. The highest BCUT2D eigenvalue weighted by Gasteiger charge is 2.17. The van der Waals surface area contributed by atoms with Gasteiger partial charge in [-0.05, 0) is 16.7 Å². The van der Waals surface area contributed by atoms with E-state index in [1.807, 2.05) is 91.0 Å². The fourth-order valence-electron chi connectivity index (χ4n) is 3.24. The molecule has 41 heavy (non-hydrogen) atoms. The van der Waals surface area contributed by atoms with Gasteiger partial charge in [0.15, 0.2) is 0 Å². The van der Waals surface area contributed by atoms with Crippen molar-refractivity contribution in [3.63, 3.8) is 0 Å². The summed E-state index contributed by atoms with van der Waals surface area (Å²) < 4.78 is 26.3. The third kappa shape index (κ3) is 13.1. The van der Waals surface area contributed by atoms with Crippen molar-refractivity contribution in [3.05, 3.63) is 108 Å². The molecule has 0 atom stereocenters. The van der Waals surface area contributed by atoms with Gasteiger partial charge >= 0.3 is 24.1 Å². The van der Waals surface area contributed by atoms with E-state index in [-0.39, 0.29) is 46.1 Å². The van der Waals surface area contributed by atoms with E-state index in [2.05, 4.69) is 10.6 Å². The molecule has 0 unspecified atom stereocenters. The van der Waals surface area contributed by atoms with Crippen LogP contribution in [0.2, 0.25) is 0 Å². The highest BCUT2D eigenvalue weighted by Crippen LogP contribution is 2.06. The van der Waals surface area contributed by atoms with Crippen LogP contribution in [0.4, 0.5) is 9.59 Å². The monoisotopic (exact) mass is 564 g/mol. The maximum atomic E-state index is 12.1. The molecule has 0 spiro atoms. The molecule has 3 aromatic rings. The average Bonchev–Trinajstić information content (AvgIpc) is 3.01. The molecule has 3 aromatic carbocycles. The Morgan fingerprint density at radius 1 is 0.512 bits per heavy atom. The quantitative estimate of drug-likeness (QED) is 0.210. The number of carbonyl (C=O) groups is 4. The van der Waals surface area contributed by atoms with Crippen LogP contribution in [0.25, 0.3) is 0 Å². The highest BCUT2D eigenvalue weighted by molar-refractivity contribution is 5.78. The maximum Gasteiger partial charge on any atom is 0.407 e. The Morgan fingerprint density at radius 2 is 0.878 bits per heavy atom. The Balaban J connectivity index is 1.38. The first kappa shape index (κ1) is 30.6. The first-order chi connectivity index (χ1) is 20.0. The van der Waals surface area contributed by atoms with Crippen LogP contribution in [0.5, 0.6) is 0 Å². The molecule has 2 amide bonds. The summed E-state index contributed by atoms with van der Waals surface area (Å²) in [7, 11) is 0. The molecule has 0 saturated heterocycles. The van der Waals surface area contributed by atoms with Gasteiger partial charge < -0.3 is 34.3 Å². The minimum atomic E-state index is -0.874. The van der Waals surface area contributed by atoms with Crippen LogP contribution in [-0.4, -0.2) is 56.5 Å². The van der Waals surface area contributed by atoms with Crippen molar-refractivity contribution in [2.75, 3.05) is 26.3 Å². The third-order valence-electron chi connectivity index (χ3n) is 5.37. The molecule has 0 aliphatic rings. The predicted molar refractivity (Wildman–Crippen MR) is 146 cm³/mol. The Bertz CT molecular complexity index is 1150. The number of nitrogens with one attached hydrogen (secondary N) is 2. The lowest BCUT2D eigenvalue weighted by Crippen LogP contribution is -2.36. The van der Waals surface area contributed by atoms with E-state index in [1.165, 1.54) is 0 Å². The summed E-state index contributed by atoms with van der Waals surface area (Å²) in [6.07, 6.45) is -2.58. The summed E-state index contributed by atoms with van der Waals surface area (Å²) in [5.74, 6) is -1.27. The van der Waals surface area contributed by atoms with E-state index in [0.717, 1.165) is 16.7 Å².